The Morgan fingerprint density at radius 3 is 2.65 bits per heavy atom. The Morgan fingerprint density at radius 2 is 1.95 bits per heavy atom. The molecule has 2 aromatic rings. The molecule has 0 aliphatic rings. The monoisotopic (exact) mass is 275 g/mol. The summed E-state index contributed by atoms with van der Waals surface area (Å²) in [7, 11) is 0. The molecule has 0 bridgehead atoms. The maximum absolute atomic E-state index is 9.20. The number of hydrogen-bond acceptors (Lipinski definition) is 7. The maximum Gasteiger partial charge on any atom is 0.323 e. The second-order valence-corrected chi connectivity index (χ2v) is 4.08. The highest BCUT2D eigenvalue weighted by atomic mass is 16.5. The molecule has 0 aliphatic carbocycles. The van der Waals surface area contributed by atoms with Crippen molar-refractivity contribution in [3.05, 3.63) is 29.8 Å². The lowest BCUT2D eigenvalue weighted by Crippen LogP contribution is -2.11. The molecular formula is C13H17N5O2. The summed E-state index contributed by atoms with van der Waals surface area (Å²) in [6, 6.07) is 7.26. The van der Waals surface area contributed by atoms with Crippen molar-refractivity contribution in [3.63, 3.8) is 0 Å². The predicted molar refractivity (Wildman–Crippen MR) is 75.7 cm³/mol. The number of phenols is 1. The third-order valence-electron chi connectivity index (χ3n) is 2.54. The molecule has 106 valence electrons. The molecule has 0 aliphatic heterocycles. The Labute approximate surface area is 116 Å². The van der Waals surface area contributed by atoms with Crippen LogP contribution in [0.4, 0.5) is 11.9 Å². The Kier molecular flexibility index (Phi) is 4.54. The van der Waals surface area contributed by atoms with E-state index in [1.807, 2.05) is 19.1 Å². The molecule has 20 heavy (non-hydrogen) atoms. The van der Waals surface area contributed by atoms with E-state index in [2.05, 4.69) is 20.3 Å². The number of aromatic nitrogens is 3. The molecule has 0 unspecified atom stereocenters. The highest BCUT2D eigenvalue weighted by molar-refractivity contribution is 5.33. The standard InChI is InChI=1S/C13H17N5O2/c1-2-20-13-17-11(14)16-12(18-13)15-8-7-9-3-5-10(19)6-4-9/h3-6,19H,2,7-8H2,1H3,(H3,14,15,16,17,18). The van der Waals surface area contributed by atoms with Crippen molar-refractivity contribution in [2.75, 3.05) is 24.2 Å². The van der Waals surface area contributed by atoms with Crippen LogP contribution in [0.5, 0.6) is 11.8 Å². The molecule has 0 spiro atoms. The number of nitrogens with two attached hydrogens (primary N) is 1. The fraction of sp³-hybridized carbons (Fsp3) is 0.308. The molecule has 1 aromatic carbocycles. The zero-order valence-electron chi connectivity index (χ0n) is 11.2. The highest BCUT2D eigenvalue weighted by Gasteiger charge is 2.04. The SMILES string of the molecule is CCOc1nc(N)nc(NCCc2ccc(O)cc2)n1. The summed E-state index contributed by atoms with van der Waals surface area (Å²) < 4.78 is 5.20. The van der Waals surface area contributed by atoms with E-state index >= 15 is 0 Å². The van der Waals surface area contributed by atoms with Crippen LogP contribution in [-0.2, 0) is 6.42 Å². The third-order valence-corrected chi connectivity index (χ3v) is 2.54. The lowest BCUT2D eigenvalue weighted by atomic mass is 10.1. The zero-order chi connectivity index (χ0) is 14.4. The molecule has 0 amide bonds. The van der Waals surface area contributed by atoms with Crippen LogP contribution >= 0.6 is 0 Å². The van der Waals surface area contributed by atoms with Crippen LogP contribution < -0.4 is 15.8 Å². The van der Waals surface area contributed by atoms with Gasteiger partial charge >= 0.3 is 6.01 Å². The van der Waals surface area contributed by atoms with E-state index in [0.717, 1.165) is 12.0 Å². The summed E-state index contributed by atoms with van der Waals surface area (Å²) in [4.78, 5) is 11.9. The van der Waals surface area contributed by atoms with Gasteiger partial charge in [0.1, 0.15) is 5.75 Å². The van der Waals surface area contributed by atoms with Gasteiger partial charge in [-0.15, -0.1) is 0 Å². The van der Waals surface area contributed by atoms with Gasteiger partial charge in [0.2, 0.25) is 11.9 Å². The van der Waals surface area contributed by atoms with Gasteiger partial charge in [-0.25, -0.2) is 0 Å². The van der Waals surface area contributed by atoms with Gasteiger partial charge in [-0.2, -0.15) is 15.0 Å². The highest BCUT2D eigenvalue weighted by Crippen LogP contribution is 2.11. The molecule has 0 saturated carbocycles. The average Bonchev–Trinajstić information content (AvgIpc) is 2.41. The molecule has 2 rings (SSSR count). The fourth-order valence-corrected chi connectivity index (χ4v) is 1.63. The largest absolute Gasteiger partial charge is 0.508 e. The summed E-state index contributed by atoms with van der Waals surface area (Å²) in [5.41, 5.74) is 6.68. The average molecular weight is 275 g/mol. The summed E-state index contributed by atoms with van der Waals surface area (Å²) >= 11 is 0. The van der Waals surface area contributed by atoms with Crippen LogP contribution in [0, 0.1) is 0 Å². The summed E-state index contributed by atoms with van der Waals surface area (Å²) in [6.45, 7) is 2.95. The number of benzene rings is 1. The van der Waals surface area contributed by atoms with E-state index < -0.39 is 0 Å². The van der Waals surface area contributed by atoms with Crippen molar-refractivity contribution in [2.45, 2.75) is 13.3 Å². The van der Waals surface area contributed by atoms with E-state index in [-0.39, 0.29) is 17.7 Å². The van der Waals surface area contributed by atoms with E-state index in [4.69, 9.17) is 10.5 Å². The van der Waals surface area contributed by atoms with Crippen LogP contribution in [0.3, 0.4) is 0 Å². The van der Waals surface area contributed by atoms with Crippen LogP contribution in [-0.4, -0.2) is 33.2 Å². The van der Waals surface area contributed by atoms with Crippen molar-refractivity contribution < 1.29 is 9.84 Å². The molecule has 0 radical (unpaired) electrons. The number of nitrogens with one attached hydrogen (secondary N) is 1. The van der Waals surface area contributed by atoms with E-state index in [1.165, 1.54) is 0 Å². The van der Waals surface area contributed by atoms with Crippen LogP contribution in [0.1, 0.15) is 12.5 Å². The molecule has 0 saturated heterocycles. The molecular weight excluding hydrogens is 258 g/mol. The van der Waals surface area contributed by atoms with Gasteiger partial charge in [0.05, 0.1) is 6.61 Å². The number of phenolic OH excluding ortho intramolecular Hbond substituents is 1. The first-order chi connectivity index (χ1) is 9.67. The first-order valence-corrected chi connectivity index (χ1v) is 6.33. The van der Waals surface area contributed by atoms with Crippen molar-refractivity contribution in [3.8, 4) is 11.8 Å². The van der Waals surface area contributed by atoms with Crippen molar-refractivity contribution in [1.29, 1.82) is 0 Å². The molecule has 0 atom stereocenters. The predicted octanol–water partition coefficient (Wildman–Crippen LogP) is 1.21. The Bertz CT molecular complexity index is 559. The van der Waals surface area contributed by atoms with Gasteiger partial charge in [0.25, 0.3) is 0 Å². The minimum absolute atomic E-state index is 0.121. The summed E-state index contributed by atoms with van der Waals surface area (Å²) in [5, 5.41) is 12.3. The number of nitrogen functional groups attached to an aromatic ring is 1. The van der Waals surface area contributed by atoms with Gasteiger partial charge < -0.3 is 20.9 Å². The zero-order valence-corrected chi connectivity index (χ0v) is 11.2. The molecule has 7 heteroatoms. The van der Waals surface area contributed by atoms with E-state index in [1.54, 1.807) is 12.1 Å². The van der Waals surface area contributed by atoms with Gasteiger partial charge in [0.15, 0.2) is 0 Å². The molecule has 1 aromatic heterocycles. The number of aromatic hydroxyl groups is 1. The topological polar surface area (TPSA) is 106 Å². The number of rotatable bonds is 6. The number of nitrogens with zero attached hydrogens (tertiary/aromatic N) is 3. The van der Waals surface area contributed by atoms with Crippen molar-refractivity contribution in [1.82, 2.24) is 15.0 Å². The smallest absolute Gasteiger partial charge is 0.323 e. The minimum Gasteiger partial charge on any atom is -0.508 e. The molecule has 4 N–H and O–H groups in total. The number of ether oxygens (including phenoxy) is 1. The third kappa shape index (κ3) is 3.98. The maximum atomic E-state index is 9.20. The molecule has 7 nitrogen and oxygen atoms in total. The summed E-state index contributed by atoms with van der Waals surface area (Å²) in [5.74, 6) is 0.767. The van der Waals surface area contributed by atoms with Gasteiger partial charge in [0, 0.05) is 6.54 Å². The second-order valence-electron chi connectivity index (χ2n) is 4.08. The van der Waals surface area contributed by atoms with E-state index in [9.17, 15) is 5.11 Å². The van der Waals surface area contributed by atoms with Crippen LogP contribution in [0.25, 0.3) is 0 Å². The summed E-state index contributed by atoms with van der Waals surface area (Å²) in [6.07, 6.45) is 0.774. The normalized spacial score (nSPS) is 10.2. The molecule has 1 heterocycles. The van der Waals surface area contributed by atoms with Crippen LogP contribution in [0.15, 0.2) is 24.3 Å². The number of anilines is 2. The molecule has 0 fully saturated rings. The first kappa shape index (κ1) is 13.9. The van der Waals surface area contributed by atoms with Gasteiger partial charge in [-0.1, -0.05) is 12.1 Å². The fourth-order valence-electron chi connectivity index (χ4n) is 1.63. The Hall–Kier alpha value is -2.57. The second kappa shape index (κ2) is 6.55. The van der Waals surface area contributed by atoms with Crippen LogP contribution in [0.2, 0.25) is 0 Å². The lowest BCUT2D eigenvalue weighted by molar-refractivity contribution is 0.312. The van der Waals surface area contributed by atoms with Crippen molar-refractivity contribution >= 4 is 11.9 Å². The minimum atomic E-state index is 0.121. The quantitative estimate of drug-likeness (QED) is 0.727. The van der Waals surface area contributed by atoms with Crippen molar-refractivity contribution in [2.24, 2.45) is 0 Å². The van der Waals surface area contributed by atoms with E-state index in [0.29, 0.717) is 19.1 Å². The van der Waals surface area contributed by atoms with Gasteiger partial charge in [-0.3, -0.25) is 0 Å². The lowest BCUT2D eigenvalue weighted by Gasteiger charge is -2.07. The Balaban J connectivity index is 1.91. The number of hydrogen-bond donors (Lipinski definition) is 3. The first-order valence-electron chi connectivity index (χ1n) is 6.33. The Morgan fingerprint density at radius 1 is 1.20 bits per heavy atom. The van der Waals surface area contributed by atoms with Gasteiger partial charge in [-0.05, 0) is 31.0 Å².